The number of hydrogen-bond acceptors (Lipinski definition) is 3. The second kappa shape index (κ2) is 26.3. The number of rotatable bonds is 26. The Morgan fingerprint density at radius 2 is 1.12 bits per heavy atom. The summed E-state index contributed by atoms with van der Waals surface area (Å²) in [5, 5.41) is 8.75. The third-order valence-electron chi connectivity index (χ3n) is 6.47. The fourth-order valence-electron chi connectivity index (χ4n) is 4.27. The van der Waals surface area contributed by atoms with Crippen molar-refractivity contribution < 1.29 is 19.4 Å². The lowest BCUT2D eigenvalue weighted by Gasteiger charge is -2.15. The fraction of sp³-hybridized carbons (Fsp3) is 0.867. The van der Waals surface area contributed by atoms with Crippen LogP contribution in [0.1, 0.15) is 162 Å². The summed E-state index contributed by atoms with van der Waals surface area (Å²) in [7, 11) is 0. The first kappa shape index (κ1) is 32.7. The van der Waals surface area contributed by atoms with Crippen LogP contribution < -0.4 is 0 Å². The van der Waals surface area contributed by atoms with Gasteiger partial charge in [-0.05, 0) is 44.6 Å². The summed E-state index contributed by atoms with van der Waals surface area (Å²) in [6.45, 7) is 4.49. The maximum absolute atomic E-state index is 12.4. The average molecular weight is 481 g/mol. The Kier molecular flexibility index (Phi) is 25.3. The lowest BCUT2D eigenvalue weighted by atomic mass is 10.1. The minimum Gasteiger partial charge on any atom is -0.481 e. The minimum atomic E-state index is -0.721. The largest absolute Gasteiger partial charge is 0.481 e. The van der Waals surface area contributed by atoms with E-state index in [0.29, 0.717) is 6.42 Å². The van der Waals surface area contributed by atoms with E-state index in [1.807, 2.05) is 0 Å². The molecule has 4 heteroatoms. The van der Waals surface area contributed by atoms with E-state index in [0.717, 1.165) is 51.4 Å². The molecule has 0 aliphatic rings. The number of carboxylic acid groups (broad SMARTS) is 1. The van der Waals surface area contributed by atoms with E-state index in [1.54, 1.807) is 0 Å². The van der Waals surface area contributed by atoms with Gasteiger partial charge >= 0.3 is 11.9 Å². The highest BCUT2D eigenvalue weighted by atomic mass is 16.5. The van der Waals surface area contributed by atoms with Crippen molar-refractivity contribution in [3.8, 4) is 0 Å². The average Bonchev–Trinajstić information content (AvgIpc) is 2.81. The predicted molar refractivity (Wildman–Crippen MR) is 144 cm³/mol. The highest BCUT2D eigenvalue weighted by Crippen LogP contribution is 2.15. The first-order valence-corrected chi connectivity index (χ1v) is 14.7. The smallest absolute Gasteiger partial charge is 0.306 e. The Hall–Kier alpha value is -1.32. The molecule has 0 heterocycles. The number of carbonyl (C=O) groups is 2. The van der Waals surface area contributed by atoms with E-state index in [-0.39, 0.29) is 18.5 Å². The molecular weight excluding hydrogens is 424 g/mol. The van der Waals surface area contributed by atoms with E-state index < -0.39 is 5.97 Å². The topological polar surface area (TPSA) is 63.6 Å². The first-order chi connectivity index (χ1) is 16.6. The van der Waals surface area contributed by atoms with Crippen LogP contribution in [0.3, 0.4) is 0 Å². The van der Waals surface area contributed by atoms with Gasteiger partial charge in [-0.25, -0.2) is 0 Å². The molecule has 1 atom stereocenters. The summed E-state index contributed by atoms with van der Waals surface area (Å²) in [4.78, 5) is 23.0. The van der Waals surface area contributed by atoms with E-state index in [4.69, 9.17) is 9.84 Å². The molecule has 0 bridgehead atoms. The van der Waals surface area contributed by atoms with Crippen molar-refractivity contribution in [3.63, 3.8) is 0 Å². The maximum Gasteiger partial charge on any atom is 0.306 e. The molecule has 200 valence electrons. The van der Waals surface area contributed by atoms with Crippen LogP contribution in [-0.2, 0) is 14.3 Å². The van der Waals surface area contributed by atoms with Gasteiger partial charge in [0.2, 0.25) is 0 Å². The summed E-state index contributed by atoms with van der Waals surface area (Å²) in [5.41, 5.74) is 0. The van der Waals surface area contributed by atoms with Gasteiger partial charge in [0.25, 0.3) is 0 Å². The Morgan fingerprint density at radius 3 is 1.68 bits per heavy atom. The Bertz CT molecular complexity index is 486. The van der Waals surface area contributed by atoms with Gasteiger partial charge in [-0.2, -0.15) is 0 Å². The number of carbonyl (C=O) groups excluding carboxylic acids is 1. The number of ether oxygens (including phenoxy) is 1. The summed E-state index contributed by atoms with van der Waals surface area (Å²) in [5.74, 6) is -0.788. The van der Waals surface area contributed by atoms with Gasteiger partial charge in [-0.3, -0.25) is 9.59 Å². The first-order valence-electron chi connectivity index (χ1n) is 14.7. The van der Waals surface area contributed by atoms with E-state index in [2.05, 4.69) is 26.0 Å². The van der Waals surface area contributed by atoms with Crippen LogP contribution >= 0.6 is 0 Å². The summed E-state index contributed by atoms with van der Waals surface area (Å²) in [6.07, 6.45) is 29.4. The molecule has 34 heavy (non-hydrogen) atoms. The molecule has 0 aliphatic carbocycles. The molecule has 0 amide bonds. The molecule has 0 aromatic heterocycles. The number of esters is 1. The highest BCUT2D eigenvalue weighted by molar-refractivity contribution is 5.69. The molecule has 0 saturated heterocycles. The lowest BCUT2D eigenvalue weighted by molar-refractivity contribution is -0.147. The van der Waals surface area contributed by atoms with Gasteiger partial charge < -0.3 is 9.84 Å². The molecule has 0 aromatic rings. The van der Waals surface area contributed by atoms with Crippen molar-refractivity contribution in [1.82, 2.24) is 0 Å². The third kappa shape index (κ3) is 25.3. The van der Waals surface area contributed by atoms with Gasteiger partial charge in [-0.1, -0.05) is 116 Å². The number of carboxylic acids is 1. The van der Waals surface area contributed by atoms with E-state index in [9.17, 15) is 9.59 Å². The van der Waals surface area contributed by atoms with Crippen molar-refractivity contribution in [2.45, 2.75) is 168 Å². The van der Waals surface area contributed by atoms with E-state index in [1.165, 1.54) is 83.5 Å². The van der Waals surface area contributed by atoms with Gasteiger partial charge in [0.1, 0.15) is 6.10 Å². The Labute approximate surface area is 211 Å². The van der Waals surface area contributed by atoms with Crippen LogP contribution in [0.4, 0.5) is 0 Å². The van der Waals surface area contributed by atoms with Crippen LogP contribution in [0.2, 0.25) is 0 Å². The van der Waals surface area contributed by atoms with Crippen LogP contribution in [0.5, 0.6) is 0 Å². The monoisotopic (exact) mass is 480 g/mol. The molecule has 0 aliphatic heterocycles. The molecule has 0 saturated carbocycles. The van der Waals surface area contributed by atoms with Crippen LogP contribution in [-0.4, -0.2) is 23.1 Å². The standard InChI is InChI=1S/C30H56O4/c1-3-5-7-9-11-13-15-17-23-27-30(33)34-28(25-21-18-19-22-26-29(31)32)24-20-16-14-12-10-8-6-4-2/h20,24,28H,3-19,21-23,25-27H2,1-2H3,(H,31,32)/b24-20-. The van der Waals surface area contributed by atoms with Crippen LogP contribution in [0.15, 0.2) is 12.2 Å². The van der Waals surface area contributed by atoms with Crippen molar-refractivity contribution in [3.05, 3.63) is 12.2 Å². The number of allylic oxidation sites excluding steroid dienone is 1. The maximum atomic E-state index is 12.4. The number of aliphatic carboxylic acids is 1. The van der Waals surface area contributed by atoms with Gasteiger partial charge in [0.05, 0.1) is 0 Å². The lowest BCUT2D eigenvalue weighted by Crippen LogP contribution is -2.16. The van der Waals surface area contributed by atoms with Crippen LogP contribution in [0, 0.1) is 0 Å². The molecule has 0 fully saturated rings. The van der Waals surface area contributed by atoms with Gasteiger partial charge in [0, 0.05) is 12.8 Å². The zero-order chi connectivity index (χ0) is 25.1. The zero-order valence-electron chi connectivity index (χ0n) is 22.7. The molecule has 1 unspecified atom stereocenters. The molecule has 1 N–H and O–H groups in total. The van der Waals surface area contributed by atoms with Gasteiger partial charge in [-0.15, -0.1) is 0 Å². The van der Waals surface area contributed by atoms with Crippen molar-refractivity contribution >= 4 is 11.9 Å². The minimum absolute atomic E-state index is 0.0666. The second-order valence-corrected chi connectivity index (χ2v) is 9.94. The summed E-state index contributed by atoms with van der Waals surface area (Å²) in [6, 6.07) is 0. The van der Waals surface area contributed by atoms with Gasteiger partial charge in [0.15, 0.2) is 0 Å². The van der Waals surface area contributed by atoms with Crippen LogP contribution in [0.25, 0.3) is 0 Å². The fourth-order valence-corrected chi connectivity index (χ4v) is 4.27. The summed E-state index contributed by atoms with van der Waals surface area (Å²) < 4.78 is 5.81. The Balaban J connectivity index is 4.13. The zero-order valence-corrected chi connectivity index (χ0v) is 22.7. The number of hydrogen-bond donors (Lipinski definition) is 1. The number of unbranched alkanes of at least 4 members (excludes halogenated alkanes) is 17. The molecule has 0 rings (SSSR count). The normalized spacial score (nSPS) is 12.3. The van der Waals surface area contributed by atoms with Crippen molar-refractivity contribution in [2.75, 3.05) is 0 Å². The molecule has 0 radical (unpaired) electrons. The van der Waals surface area contributed by atoms with Crippen molar-refractivity contribution in [2.24, 2.45) is 0 Å². The molecular formula is C30H56O4. The molecule has 0 aromatic carbocycles. The Morgan fingerprint density at radius 1 is 0.647 bits per heavy atom. The van der Waals surface area contributed by atoms with Crippen molar-refractivity contribution in [1.29, 1.82) is 0 Å². The quantitative estimate of drug-likeness (QED) is 0.0760. The third-order valence-corrected chi connectivity index (χ3v) is 6.47. The second-order valence-electron chi connectivity index (χ2n) is 9.94. The predicted octanol–water partition coefficient (Wildman–Crippen LogP) is 9.55. The summed E-state index contributed by atoms with van der Waals surface area (Å²) >= 11 is 0. The molecule has 0 spiro atoms. The molecule has 4 nitrogen and oxygen atoms in total. The van der Waals surface area contributed by atoms with E-state index >= 15 is 0 Å². The highest BCUT2D eigenvalue weighted by Gasteiger charge is 2.11. The SMILES string of the molecule is CCCCCCCC/C=C\C(CCCCCCC(=O)O)OC(=O)CCCCCCCCCCC.